The smallest absolute Gasteiger partial charge is 0.252 e. The topological polar surface area (TPSA) is 54.5 Å². The van der Waals surface area contributed by atoms with Gasteiger partial charge >= 0.3 is 0 Å². The molecule has 0 aliphatic heterocycles. The SMILES string of the molecule is C=CCCCCCn1cnc(C#N)n1. The lowest BCUT2D eigenvalue weighted by Gasteiger charge is -1.98. The van der Waals surface area contributed by atoms with Crippen molar-refractivity contribution in [3.05, 3.63) is 24.8 Å². The quantitative estimate of drug-likeness (QED) is 0.508. The Hall–Kier alpha value is -1.63. The summed E-state index contributed by atoms with van der Waals surface area (Å²) in [6.07, 6.45) is 8.01. The molecule has 0 amide bonds. The predicted octanol–water partition coefficient (Wildman–Crippen LogP) is 1.90. The highest BCUT2D eigenvalue weighted by Gasteiger charge is 1.97. The molecule has 0 aliphatic rings. The molecule has 0 unspecified atom stereocenters. The summed E-state index contributed by atoms with van der Waals surface area (Å²) in [5.74, 6) is 0.246. The number of aryl methyl sites for hydroxylation is 1. The average Bonchev–Trinajstić information content (AvgIpc) is 2.65. The molecule has 14 heavy (non-hydrogen) atoms. The molecule has 0 atom stereocenters. The van der Waals surface area contributed by atoms with E-state index >= 15 is 0 Å². The molecule has 74 valence electrons. The summed E-state index contributed by atoms with van der Waals surface area (Å²) in [4.78, 5) is 3.82. The molecule has 0 aromatic carbocycles. The van der Waals surface area contributed by atoms with Gasteiger partial charge in [0.05, 0.1) is 0 Å². The summed E-state index contributed by atoms with van der Waals surface area (Å²) in [6.45, 7) is 4.51. The molecule has 1 rings (SSSR count). The van der Waals surface area contributed by atoms with E-state index in [1.54, 1.807) is 11.0 Å². The highest BCUT2D eigenvalue weighted by Crippen LogP contribution is 2.01. The van der Waals surface area contributed by atoms with Gasteiger partial charge in [-0.1, -0.05) is 12.5 Å². The van der Waals surface area contributed by atoms with Crippen molar-refractivity contribution in [3.8, 4) is 6.07 Å². The van der Waals surface area contributed by atoms with Gasteiger partial charge in [0, 0.05) is 6.54 Å². The molecule has 1 heterocycles. The van der Waals surface area contributed by atoms with E-state index in [2.05, 4.69) is 16.7 Å². The first-order valence-corrected chi connectivity index (χ1v) is 4.77. The predicted molar refractivity (Wildman–Crippen MR) is 53.4 cm³/mol. The number of allylic oxidation sites excluding steroid dienone is 1. The van der Waals surface area contributed by atoms with Gasteiger partial charge in [0.25, 0.3) is 5.82 Å². The van der Waals surface area contributed by atoms with Crippen LogP contribution >= 0.6 is 0 Å². The first-order valence-electron chi connectivity index (χ1n) is 4.77. The lowest BCUT2D eigenvalue weighted by molar-refractivity contribution is 0.544. The van der Waals surface area contributed by atoms with Crippen molar-refractivity contribution >= 4 is 0 Å². The minimum atomic E-state index is 0.246. The third-order valence-electron chi connectivity index (χ3n) is 1.93. The van der Waals surface area contributed by atoms with E-state index in [9.17, 15) is 0 Å². The highest BCUT2D eigenvalue weighted by molar-refractivity contribution is 5.05. The van der Waals surface area contributed by atoms with Crippen LogP contribution in [0, 0.1) is 11.3 Å². The van der Waals surface area contributed by atoms with Crippen LogP contribution in [0.25, 0.3) is 0 Å². The average molecular weight is 190 g/mol. The van der Waals surface area contributed by atoms with Crippen LogP contribution < -0.4 is 0 Å². The van der Waals surface area contributed by atoms with Crippen molar-refractivity contribution in [3.63, 3.8) is 0 Å². The molecular formula is C10H14N4. The first-order chi connectivity index (χ1) is 6.86. The molecular weight excluding hydrogens is 176 g/mol. The third kappa shape index (κ3) is 3.40. The Kier molecular flexibility index (Phi) is 4.42. The fourth-order valence-corrected chi connectivity index (χ4v) is 1.19. The monoisotopic (exact) mass is 190 g/mol. The molecule has 0 bridgehead atoms. The normalized spacial score (nSPS) is 9.64. The van der Waals surface area contributed by atoms with Crippen molar-refractivity contribution in [2.45, 2.75) is 32.2 Å². The van der Waals surface area contributed by atoms with Gasteiger partial charge in [0.15, 0.2) is 0 Å². The fraction of sp³-hybridized carbons (Fsp3) is 0.500. The zero-order valence-corrected chi connectivity index (χ0v) is 8.19. The number of nitriles is 1. The molecule has 1 aromatic heterocycles. The number of hydrogen-bond acceptors (Lipinski definition) is 3. The molecule has 1 aromatic rings. The van der Waals surface area contributed by atoms with Crippen LogP contribution in [-0.2, 0) is 6.54 Å². The number of hydrogen-bond donors (Lipinski definition) is 0. The Bertz CT molecular complexity index is 321. The lowest BCUT2D eigenvalue weighted by Crippen LogP contribution is -1.98. The van der Waals surface area contributed by atoms with Gasteiger partial charge in [0.1, 0.15) is 12.4 Å². The van der Waals surface area contributed by atoms with Gasteiger partial charge in [-0.05, 0) is 19.3 Å². The lowest BCUT2D eigenvalue weighted by atomic mass is 10.2. The number of aromatic nitrogens is 3. The first kappa shape index (κ1) is 10.5. The second-order valence-electron chi connectivity index (χ2n) is 3.08. The second kappa shape index (κ2) is 5.92. The molecule has 0 spiro atoms. The van der Waals surface area contributed by atoms with Gasteiger partial charge in [-0.15, -0.1) is 11.7 Å². The van der Waals surface area contributed by atoms with Crippen LogP contribution in [0.1, 0.15) is 31.5 Å². The van der Waals surface area contributed by atoms with E-state index in [4.69, 9.17) is 5.26 Å². The van der Waals surface area contributed by atoms with E-state index in [1.165, 1.54) is 6.42 Å². The molecule has 4 nitrogen and oxygen atoms in total. The second-order valence-corrected chi connectivity index (χ2v) is 3.08. The van der Waals surface area contributed by atoms with E-state index in [0.29, 0.717) is 0 Å². The summed E-state index contributed by atoms with van der Waals surface area (Å²) in [5.41, 5.74) is 0. The third-order valence-corrected chi connectivity index (χ3v) is 1.93. The Morgan fingerprint density at radius 2 is 2.36 bits per heavy atom. The van der Waals surface area contributed by atoms with E-state index in [0.717, 1.165) is 25.8 Å². The number of nitrogens with zero attached hydrogens (tertiary/aromatic N) is 4. The fourth-order valence-electron chi connectivity index (χ4n) is 1.19. The van der Waals surface area contributed by atoms with Gasteiger partial charge in [-0.2, -0.15) is 5.26 Å². The molecule has 0 radical (unpaired) electrons. The van der Waals surface area contributed by atoms with Crippen molar-refractivity contribution in [1.82, 2.24) is 14.8 Å². The van der Waals surface area contributed by atoms with Gasteiger partial charge in [-0.25, -0.2) is 4.98 Å². The minimum absolute atomic E-state index is 0.246. The van der Waals surface area contributed by atoms with Crippen molar-refractivity contribution in [1.29, 1.82) is 5.26 Å². The molecule has 0 saturated heterocycles. The molecule has 4 heteroatoms. The maximum atomic E-state index is 8.49. The van der Waals surface area contributed by atoms with E-state index < -0.39 is 0 Å². The largest absolute Gasteiger partial charge is 0.252 e. The number of rotatable bonds is 6. The number of unbranched alkanes of at least 4 members (excludes halogenated alkanes) is 3. The minimum Gasteiger partial charge on any atom is -0.252 e. The maximum absolute atomic E-state index is 8.49. The van der Waals surface area contributed by atoms with Crippen molar-refractivity contribution in [2.75, 3.05) is 0 Å². The standard InChI is InChI=1S/C10H14N4/c1-2-3-4-5-6-7-14-9-12-10(8-11)13-14/h2,9H,1,3-7H2. The van der Waals surface area contributed by atoms with Crippen LogP contribution in [0.3, 0.4) is 0 Å². The summed E-state index contributed by atoms with van der Waals surface area (Å²) in [7, 11) is 0. The summed E-state index contributed by atoms with van der Waals surface area (Å²) in [5, 5.41) is 12.5. The Balaban J connectivity index is 2.18. The Labute approximate surface area is 83.9 Å². The molecule has 0 saturated carbocycles. The van der Waals surface area contributed by atoms with Gasteiger partial charge in [0.2, 0.25) is 0 Å². The summed E-state index contributed by atoms with van der Waals surface area (Å²) >= 11 is 0. The maximum Gasteiger partial charge on any atom is 0.252 e. The molecule has 0 aliphatic carbocycles. The zero-order chi connectivity index (χ0) is 10.2. The van der Waals surface area contributed by atoms with Crippen LogP contribution in [0.5, 0.6) is 0 Å². The van der Waals surface area contributed by atoms with Crippen molar-refractivity contribution < 1.29 is 0 Å². The summed E-state index contributed by atoms with van der Waals surface area (Å²) in [6, 6.07) is 1.90. The van der Waals surface area contributed by atoms with Crippen molar-refractivity contribution in [2.24, 2.45) is 0 Å². The molecule has 0 fully saturated rings. The van der Waals surface area contributed by atoms with Crippen LogP contribution in [0.15, 0.2) is 19.0 Å². The van der Waals surface area contributed by atoms with Gasteiger partial charge < -0.3 is 0 Å². The highest BCUT2D eigenvalue weighted by atomic mass is 15.3. The Morgan fingerprint density at radius 3 is 3.00 bits per heavy atom. The van der Waals surface area contributed by atoms with E-state index in [1.807, 2.05) is 12.1 Å². The zero-order valence-electron chi connectivity index (χ0n) is 8.19. The summed E-state index contributed by atoms with van der Waals surface area (Å²) < 4.78 is 1.71. The van der Waals surface area contributed by atoms with Crippen LogP contribution in [-0.4, -0.2) is 14.8 Å². The van der Waals surface area contributed by atoms with Crippen LogP contribution in [0.4, 0.5) is 0 Å². The molecule has 0 N–H and O–H groups in total. The van der Waals surface area contributed by atoms with Gasteiger partial charge in [-0.3, -0.25) is 4.68 Å². The van der Waals surface area contributed by atoms with E-state index in [-0.39, 0.29) is 5.82 Å². The Morgan fingerprint density at radius 1 is 1.50 bits per heavy atom. The van der Waals surface area contributed by atoms with Crippen LogP contribution in [0.2, 0.25) is 0 Å².